The summed E-state index contributed by atoms with van der Waals surface area (Å²) >= 11 is 12.0. The van der Waals surface area contributed by atoms with E-state index >= 15 is 0 Å². The number of benzene rings is 3. The number of nitrogens with zero attached hydrogens (tertiary/aromatic N) is 1. The van der Waals surface area contributed by atoms with Crippen molar-refractivity contribution in [2.75, 3.05) is 0 Å². The molecule has 0 heterocycles. The van der Waals surface area contributed by atoms with Gasteiger partial charge in [0.05, 0.1) is 12.8 Å². The van der Waals surface area contributed by atoms with Crippen LogP contribution in [0.2, 0.25) is 10.0 Å². The van der Waals surface area contributed by atoms with Crippen molar-refractivity contribution in [1.82, 2.24) is 5.43 Å². The van der Waals surface area contributed by atoms with Crippen molar-refractivity contribution in [3.8, 4) is 5.75 Å². The van der Waals surface area contributed by atoms with Gasteiger partial charge in [0.2, 0.25) is 0 Å². The summed E-state index contributed by atoms with van der Waals surface area (Å²) in [7, 11) is 0. The fourth-order valence-electron chi connectivity index (χ4n) is 2.35. The first-order chi connectivity index (χ1) is 13.1. The number of nitrogens with one attached hydrogen (secondary N) is 1. The van der Waals surface area contributed by atoms with Gasteiger partial charge in [-0.1, -0.05) is 47.5 Å². The topological polar surface area (TPSA) is 33.6 Å². The van der Waals surface area contributed by atoms with Gasteiger partial charge in [-0.3, -0.25) is 0 Å². The van der Waals surface area contributed by atoms with Crippen LogP contribution >= 0.6 is 23.2 Å². The third-order valence-electron chi connectivity index (χ3n) is 3.77. The molecule has 0 atom stereocenters. The lowest BCUT2D eigenvalue weighted by molar-refractivity contribution is 0.305. The second kappa shape index (κ2) is 9.40. The molecule has 27 heavy (non-hydrogen) atoms. The Morgan fingerprint density at radius 3 is 2.30 bits per heavy atom. The van der Waals surface area contributed by atoms with E-state index in [1.165, 1.54) is 12.1 Å². The highest BCUT2D eigenvalue weighted by molar-refractivity contribution is 6.31. The highest BCUT2D eigenvalue weighted by Gasteiger charge is 2.04. The lowest BCUT2D eigenvalue weighted by Gasteiger charge is -2.10. The van der Waals surface area contributed by atoms with E-state index in [-0.39, 0.29) is 5.82 Å². The van der Waals surface area contributed by atoms with Crippen molar-refractivity contribution in [2.24, 2.45) is 5.10 Å². The molecule has 0 spiro atoms. The molecule has 0 aromatic heterocycles. The second-order valence-corrected chi connectivity index (χ2v) is 6.69. The van der Waals surface area contributed by atoms with Gasteiger partial charge >= 0.3 is 0 Å². The summed E-state index contributed by atoms with van der Waals surface area (Å²) in [5.41, 5.74) is 5.66. The van der Waals surface area contributed by atoms with Gasteiger partial charge in [-0.25, -0.2) is 4.39 Å². The van der Waals surface area contributed by atoms with E-state index < -0.39 is 0 Å². The van der Waals surface area contributed by atoms with Gasteiger partial charge in [-0.05, 0) is 53.6 Å². The quantitative estimate of drug-likeness (QED) is 0.398. The average molecular weight is 403 g/mol. The number of hydrazone groups is 1. The Morgan fingerprint density at radius 1 is 0.889 bits per heavy atom. The number of ether oxygens (including phenoxy) is 1. The summed E-state index contributed by atoms with van der Waals surface area (Å²) in [6.07, 6.45) is 1.65. The molecule has 1 N–H and O–H groups in total. The first-order valence-electron chi connectivity index (χ1n) is 8.27. The smallest absolute Gasteiger partial charge is 0.128 e. The van der Waals surface area contributed by atoms with E-state index in [4.69, 9.17) is 27.9 Å². The molecule has 0 aliphatic heterocycles. The zero-order valence-electron chi connectivity index (χ0n) is 14.3. The lowest BCUT2D eigenvalue weighted by atomic mass is 10.2. The van der Waals surface area contributed by atoms with Crippen LogP contribution in [0.25, 0.3) is 0 Å². The van der Waals surface area contributed by atoms with E-state index in [9.17, 15) is 4.39 Å². The van der Waals surface area contributed by atoms with E-state index in [1.807, 2.05) is 24.3 Å². The number of halogens is 3. The SMILES string of the molecule is Fc1ccc(COc2ccc(Cl)cc2/C=N\NCc2ccc(Cl)cc2)cc1. The Morgan fingerprint density at radius 2 is 1.56 bits per heavy atom. The Kier molecular flexibility index (Phi) is 6.69. The molecule has 3 aromatic rings. The maximum absolute atomic E-state index is 13.0. The Balaban J connectivity index is 1.62. The predicted molar refractivity (Wildman–Crippen MR) is 108 cm³/mol. The summed E-state index contributed by atoms with van der Waals surface area (Å²) in [5.74, 6) is 0.366. The summed E-state index contributed by atoms with van der Waals surface area (Å²) < 4.78 is 18.8. The molecule has 0 amide bonds. The summed E-state index contributed by atoms with van der Waals surface area (Å²) in [4.78, 5) is 0. The van der Waals surface area contributed by atoms with Crippen LogP contribution in [0.5, 0.6) is 5.75 Å². The van der Waals surface area contributed by atoms with Crippen LogP contribution < -0.4 is 10.2 Å². The van der Waals surface area contributed by atoms with Crippen molar-refractivity contribution in [1.29, 1.82) is 0 Å². The van der Waals surface area contributed by atoms with Gasteiger partial charge in [-0.15, -0.1) is 0 Å². The van der Waals surface area contributed by atoms with Crippen LogP contribution in [0.3, 0.4) is 0 Å². The highest BCUT2D eigenvalue weighted by atomic mass is 35.5. The van der Waals surface area contributed by atoms with Crippen molar-refractivity contribution in [3.63, 3.8) is 0 Å². The van der Waals surface area contributed by atoms with Crippen molar-refractivity contribution < 1.29 is 9.13 Å². The molecule has 138 valence electrons. The minimum absolute atomic E-state index is 0.273. The molecular weight excluding hydrogens is 386 g/mol. The molecule has 3 aromatic carbocycles. The molecule has 0 aliphatic rings. The molecule has 0 aliphatic carbocycles. The van der Waals surface area contributed by atoms with Crippen molar-refractivity contribution in [2.45, 2.75) is 13.2 Å². The van der Waals surface area contributed by atoms with E-state index in [2.05, 4.69) is 10.5 Å². The van der Waals surface area contributed by atoms with Gasteiger partial charge in [0.15, 0.2) is 0 Å². The molecule has 0 saturated carbocycles. The van der Waals surface area contributed by atoms with Gasteiger partial charge in [-0.2, -0.15) is 5.10 Å². The van der Waals surface area contributed by atoms with Gasteiger partial charge in [0.1, 0.15) is 18.2 Å². The minimum Gasteiger partial charge on any atom is -0.488 e. The number of hydrogen-bond acceptors (Lipinski definition) is 3. The average Bonchev–Trinajstić information content (AvgIpc) is 2.67. The molecule has 3 rings (SSSR count). The largest absolute Gasteiger partial charge is 0.488 e. The van der Waals surface area contributed by atoms with Crippen LogP contribution in [-0.2, 0) is 13.2 Å². The predicted octanol–water partition coefficient (Wildman–Crippen LogP) is 5.84. The number of hydrogen-bond donors (Lipinski definition) is 1. The van der Waals surface area contributed by atoms with Crippen molar-refractivity contribution >= 4 is 29.4 Å². The summed E-state index contributed by atoms with van der Waals surface area (Å²) in [6, 6.07) is 19.0. The first kappa shape index (κ1) is 19.2. The van der Waals surface area contributed by atoms with Crippen LogP contribution in [-0.4, -0.2) is 6.21 Å². The standard InChI is InChI=1S/C21H17Cl2FN2O/c22-18-5-1-15(2-6-18)12-25-26-13-17-11-19(23)7-10-21(17)27-14-16-3-8-20(24)9-4-16/h1-11,13,25H,12,14H2/b26-13-. The summed E-state index contributed by atoms with van der Waals surface area (Å²) in [5, 5.41) is 5.52. The minimum atomic E-state index is -0.273. The first-order valence-corrected chi connectivity index (χ1v) is 9.03. The second-order valence-electron chi connectivity index (χ2n) is 5.82. The molecule has 0 unspecified atom stereocenters. The zero-order valence-corrected chi connectivity index (χ0v) is 15.8. The molecule has 0 saturated heterocycles. The van der Waals surface area contributed by atoms with E-state index in [0.29, 0.717) is 28.9 Å². The molecule has 0 radical (unpaired) electrons. The maximum atomic E-state index is 13.0. The normalized spacial score (nSPS) is 10.9. The van der Waals surface area contributed by atoms with E-state index in [0.717, 1.165) is 16.7 Å². The highest BCUT2D eigenvalue weighted by Crippen LogP contribution is 2.22. The fraction of sp³-hybridized carbons (Fsp3) is 0.0952. The van der Waals surface area contributed by atoms with Gasteiger partial charge in [0, 0.05) is 15.6 Å². The Hall–Kier alpha value is -2.56. The number of rotatable bonds is 7. The Bertz CT molecular complexity index is 912. The van der Waals surface area contributed by atoms with Crippen molar-refractivity contribution in [3.05, 3.63) is 99.3 Å². The molecule has 6 heteroatoms. The third kappa shape index (κ3) is 5.98. The zero-order chi connectivity index (χ0) is 19.1. The van der Waals surface area contributed by atoms with Crippen LogP contribution in [0.1, 0.15) is 16.7 Å². The maximum Gasteiger partial charge on any atom is 0.128 e. The van der Waals surface area contributed by atoms with Gasteiger partial charge in [0.25, 0.3) is 0 Å². The van der Waals surface area contributed by atoms with Crippen LogP contribution in [0, 0.1) is 5.82 Å². The molecular formula is C21H17Cl2FN2O. The fourth-order valence-corrected chi connectivity index (χ4v) is 2.65. The van der Waals surface area contributed by atoms with Crippen LogP contribution in [0.4, 0.5) is 4.39 Å². The molecule has 3 nitrogen and oxygen atoms in total. The monoisotopic (exact) mass is 402 g/mol. The molecule has 0 bridgehead atoms. The lowest BCUT2D eigenvalue weighted by Crippen LogP contribution is -2.06. The third-order valence-corrected chi connectivity index (χ3v) is 4.26. The Labute approximate surface area is 167 Å². The molecule has 0 fully saturated rings. The van der Waals surface area contributed by atoms with Gasteiger partial charge < -0.3 is 10.2 Å². The van der Waals surface area contributed by atoms with E-state index in [1.54, 1.807) is 36.5 Å². The van der Waals surface area contributed by atoms with Crippen LogP contribution in [0.15, 0.2) is 71.8 Å². The summed E-state index contributed by atoms with van der Waals surface area (Å²) in [6.45, 7) is 0.890.